The first-order valence-electron chi connectivity index (χ1n) is 19.2. The lowest BCUT2D eigenvalue weighted by Crippen LogP contribution is -2.74. The molecule has 6 atom stereocenters. The van der Waals surface area contributed by atoms with Crippen LogP contribution in [-0.4, -0.2) is 0 Å². The van der Waals surface area contributed by atoms with Gasteiger partial charge in [-0.25, -0.2) is 0 Å². The van der Waals surface area contributed by atoms with Crippen molar-refractivity contribution in [2.24, 2.45) is 29.1 Å². The van der Waals surface area contributed by atoms with Gasteiger partial charge in [0.05, 0.1) is 0 Å². The second-order valence-corrected chi connectivity index (χ2v) is 19.1. The van der Waals surface area contributed by atoms with E-state index in [0.29, 0.717) is 5.41 Å². The zero-order valence-corrected chi connectivity index (χ0v) is 30.7. The fraction of sp³-hybridized carbons (Fsp3) is 0.375. The summed E-state index contributed by atoms with van der Waals surface area (Å²) < 4.78 is 0. The third-order valence-electron chi connectivity index (χ3n) is 15.0. The van der Waals surface area contributed by atoms with Crippen LogP contribution in [0.25, 0.3) is 11.1 Å². The van der Waals surface area contributed by atoms with Crippen molar-refractivity contribution in [1.82, 2.24) is 0 Å². The van der Waals surface area contributed by atoms with Gasteiger partial charge in [0.1, 0.15) is 0 Å². The molecule has 250 valence electrons. The molecule has 5 aliphatic carbocycles. The summed E-state index contributed by atoms with van der Waals surface area (Å²) in [5.41, 5.74) is 13.9. The first kappa shape index (κ1) is 29.9. The second-order valence-electron chi connectivity index (χ2n) is 18.1. The molecule has 0 aromatic heterocycles. The minimum atomic E-state index is 0.143. The summed E-state index contributed by atoms with van der Waals surface area (Å²) in [5, 5.41) is 0. The summed E-state index contributed by atoms with van der Waals surface area (Å²) in [4.78, 5) is 5.51. The highest BCUT2D eigenvalue weighted by atomic mass is 32.2. The number of hydrogen-bond donors (Lipinski definition) is 0. The van der Waals surface area contributed by atoms with Crippen LogP contribution >= 0.6 is 11.8 Å². The van der Waals surface area contributed by atoms with Crippen molar-refractivity contribution in [1.29, 1.82) is 0 Å². The minimum Gasteiger partial charge on any atom is -0.310 e. The van der Waals surface area contributed by atoms with Crippen molar-refractivity contribution in [2.45, 2.75) is 92.3 Å². The predicted octanol–water partition coefficient (Wildman–Crippen LogP) is 13.0. The molecule has 6 aliphatic rings. The Kier molecular flexibility index (Phi) is 5.97. The standard InChI is InChI=1S/C48H47NS/c1-45(2)22-23-46(3,4)40-27-34(18-20-37(40)45)49(33-14-9-6-10-15-33)35-19-21-38-41(28-35)50-44-36(31-12-7-5-8-13-31)16-11-17-39(44)48(38)42-25-30-24-32-26-43(48)47(32,42)29-30/h5-21,27-28,30,32,42-43H,22-26,29H2,1-4H3. The van der Waals surface area contributed by atoms with Crippen molar-refractivity contribution in [2.75, 3.05) is 4.90 Å². The van der Waals surface area contributed by atoms with Crippen LogP contribution < -0.4 is 4.90 Å². The number of hydrogen-bond acceptors (Lipinski definition) is 2. The molecule has 1 nitrogen and oxygen atoms in total. The van der Waals surface area contributed by atoms with Crippen LogP contribution in [0.1, 0.15) is 88.5 Å². The Bertz CT molecular complexity index is 2200. The molecule has 4 fully saturated rings. The van der Waals surface area contributed by atoms with Crippen molar-refractivity contribution in [3.63, 3.8) is 0 Å². The van der Waals surface area contributed by atoms with E-state index in [2.05, 4.69) is 148 Å². The number of anilines is 3. The molecule has 5 aromatic carbocycles. The van der Waals surface area contributed by atoms with Gasteiger partial charge < -0.3 is 4.90 Å². The number of benzene rings is 5. The summed E-state index contributed by atoms with van der Waals surface area (Å²) in [6.45, 7) is 9.75. The SMILES string of the molecule is CC1(C)CCC(C)(C)c2cc(N(c3ccccc3)c3ccc4c(c3)Sc3c(-c5ccccc5)cccc3C43C4CC5CC6CC3C64C5)ccc21. The molecular weight excluding hydrogens is 623 g/mol. The van der Waals surface area contributed by atoms with Crippen LogP contribution in [-0.2, 0) is 16.2 Å². The Hall–Kier alpha value is -3.75. The van der Waals surface area contributed by atoms with Gasteiger partial charge in [0.2, 0.25) is 0 Å². The van der Waals surface area contributed by atoms with Gasteiger partial charge in [0.15, 0.2) is 0 Å². The average Bonchev–Trinajstić information content (AvgIpc) is 3.66. The topological polar surface area (TPSA) is 3.24 Å². The first-order chi connectivity index (χ1) is 24.2. The largest absolute Gasteiger partial charge is 0.310 e. The zero-order valence-electron chi connectivity index (χ0n) is 29.9. The molecule has 2 heteroatoms. The second kappa shape index (κ2) is 9.97. The molecule has 2 bridgehead atoms. The molecule has 1 heterocycles. The van der Waals surface area contributed by atoms with Crippen LogP contribution in [0.3, 0.4) is 0 Å². The Balaban J connectivity index is 1.11. The third-order valence-corrected chi connectivity index (χ3v) is 16.2. The molecule has 2 spiro atoms. The Morgan fingerprint density at radius 3 is 2.02 bits per heavy atom. The maximum absolute atomic E-state index is 2.59. The van der Waals surface area contributed by atoms with Crippen molar-refractivity contribution in [3.8, 4) is 11.1 Å². The zero-order chi connectivity index (χ0) is 33.6. The summed E-state index contributed by atoms with van der Waals surface area (Å²) in [7, 11) is 0. The van der Waals surface area contributed by atoms with E-state index in [-0.39, 0.29) is 16.2 Å². The van der Waals surface area contributed by atoms with Gasteiger partial charge in [-0.15, -0.1) is 0 Å². The van der Waals surface area contributed by atoms with E-state index in [4.69, 9.17) is 0 Å². The summed E-state index contributed by atoms with van der Waals surface area (Å²) in [6.07, 6.45) is 8.29. The summed E-state index contributed by atoms with van der Waals surface area (Å²) in [6, 6.07) is 44.5. The number of para-hydroxylation sites is 1. The molecule has 6 unspecified atom stereocenters. The molecule has 1 aliphatic heterocycles. The molecule has 11 rings (SSSR count). The van der Waals surface area contributed by atoms with Crippen LogP contribution in [0.2, 0.25) is 0 Å². The number of rotatable bonds is 4. The van der Waals surface area contributed by atoms with E-state index in [1.54, 1.807) is 11.1 Å². The van der Waals surface area contributed by atoms with Gasteiger partial charge in [-0.2, -0.15) is 0 Å². The van der Waals surface area contributed by atoms with E-state index in [0.717, 1.165) is 23.7 Å². The van der Waals surface area contributed by atoms with Crippen LogP contribution in [0.5, 0.6) is 0 Å². The maximum atomic E-state index is 2.59. The quantitative estimate of drug-likeness (QED) is 0.187. The van der Waals surface area contributed by atoms with Crippen molar-refractivity contribution < 1.29 is 0 Å². The fourth-order valence-electron chi connectivity index (χ4n) is 12.9. The van der Waals surface area contributed by atoms with Crippen LogP contribution in [0.4, 0.5) is 17.1 Å². The highest BCUT2D eigenvalue weighted by Crippen LogP contribution is 2.89. The third kappa shape index (κ3) is 3.67. The Morgan fingerprint density at radius 2 is 1.26 bits per heavy atom. The minimum absolute atomic E-state index is 0.143. The molecule has 0 N–H and O–H groups in total. The van der Waals surface area contributed by atoms with Gasteiger partial charge in [-0.1, -0.05) is 118 Å². The van der Waals surface area contributed by atoms with Crippen molar-refractivity contribution in [3.05, 3.63) is 138 Å². The molecular formula is C48H47NS. The normalized spacial score (nSPS) is 31.1. The molecule has 0 saturated heterocycles. The summed E-state index contributed by atoms with van der Waals surface area (Å²) in [5.74, 6) is 3.49. The van der Waals surface area contributed by atoms with Gasteiger partial charge in [0.25, 0.3) is 0 Å². The highest BCUT2D eigenvalue weighted by molar-refractivity contribution is 7.99. The lowest BCUT2D eigenvalue weighted by molar-refractivity contribution is -0.235. The van der Waals surface area contributed by atoms with Gasteiger partial charge in [-0.05, 0) is 148 Å². The van der Waals surface area contributed by atoms with E-state index in [9.17, 15) is 0 Å². The number of nitrogens with zero attached hydrogens (tertiary/aromatic N) is 1. The van der Waals surface area contributed by atoms with Crippen molar-refractivity contribution >= 4 is 28.8 Å². The van der Waals surface area contributed by atoms with Crippen LogP contribution in [0.15, 0.2) is 125 Å². The fourth-order valence-corrected chi connectivity index (χ4v) is 14.3. The van der Waals surface area contributed by atoms with Crippen LogP contribution in [0, 0.1) is 29.1 Å². The van der Waals surface area contributed by atoms with E-state index < -0.39 is 0 Å². The van der Waals surface area contributed by atoms with Gasteiger partial charge >= 0.3 is 0 Å². The van der Waals surface area contributed by atoms with E-state index in [1.807, 2.05) is 11.8 Å². The molecule has 0 amide bonds. The first-order valence-corrected chi connectivity index (χ1v) is 20.0. The molecule has 0 radical (unpaired) electrons. The monoisotopic (exact) mass is 669 g/mol. The Labute approximate surface area is 302 Å². The summed E-state index contributed by atoms with van der Waals surface area (Å²) >= 11 is 2.04. The van der Waals surface area contributed by atoms with Gasteiger partial charge in [0, 0.05) is 32.3 Å². The van der Waals surface area contributed by atoms with E-state index in [1.165, 1.54) is 87.6 Å². The maximum Gasteiger partial charge on any atom is 0.0473 e. The van der Waals surface area contributed by atoms with E-state index >= 15 is 0 Å². The Morgan fingerprint density at radius 1 is 0.580 bits per heavy atom. The average molecular weight is 670 g/mol. The predicted molar refractivity (Wildman–Crippen MR) is 208 cm³/mol. The lowest BCUT2D eigenvalue weighted by atomic mass is 9.26. The molecule has 5 aromatic rings. The smallest absolute Gasteiger partial charge is 0.0473 e. The molecule has 50 heavy (non-hydrogen) atoms. The lowest BCUT2D eigenvalue weighted by Gasteiger charge is -2.78. The number of fused-ring (bicyclic) bond motifs is 8. The molecule has 4 saturated carbocycles. The highest BCUT2D eigenvalue weighted by Gasteiger charge is 2.84. The van der Waals surface area contributed by atoms with Gasteiger partial charge in [-0.3, -0.25) is 0 Å².